The molecule has 7 N–H and O–H groups in total. The first kappa shape index (κ1) is 26.3. The quantitative estimate of drug-likeness (QED) is 0.172. The lowest BCUT2D eigenvalue weighted by molar-refractivity contribution is -0.138. The SMILES string of the molecule is CC(C)C[C@H](NC(=O)[C@@H]1CCCN1)C(=O)N[C@H](C(=O)NCC(=O)NCC(=O)O)[C@@H](C)O. The van der Waals surface area contributed by atoms with E-state index in [-0.39, 0.29) is 17.9 Å². The molecule has 0 aromatic heterocycles. The fraction of sp³-hybridized carbons (Fsp3) is 0.737. The van der Waals surface area contributed by atoms with E-state index in [1.54, 1.807) is 0 Å². The maximum absolute atomic E-state index is 12.8. The molecule has 1 fully saturated rings. The lowest BCUT2D eigenvalue weighted by Crippen LogP contribution is -2.59. The van der Waals surface area contributed by atoms with Gasteiger partial charge in [-0.1, -0.05) is 13.8 Å². The number of amides is 4. The summed E-state index contributed by atoms with van der Waals surface area (Å²) in [5, 5.41) is 31.0. The van der Waals surface area contributed by atoms with Crippen LogP contribution in [0, 0.1) is 5.92 Å². The molecule has 1 heterocycles. The summed E-state index contributed by atoms with van der Waals surface area (Å²) >= 11 is 0. The molecule has 1 aliphatic rings. The van der Waals surface area contributed by atoms with Gasteiger partial charge < -0.3 is 36.8 Å². The number of carbonyl (C=O) groups excluding carboxylic acids is 4. The van der Waals surface area contributed by atoms with Crippen LogP contribution in [0.4, 0.5) is 0 Å². The van der Waals surface area contributed by atoms with Crippen LogP contribution in [0.15, 0.2) is 0 Å². The first-order valence-corrected chi connectivity index (χ1v) is 10.3. The Hall–Kier alpha value is -2.73. The topological polar surface area (TPSA) is 186 Å². The van der Waals surface area contributed by atoms with E-state index in [9.17, 15) is 29.1 Å². The highest BCUT2D eigenvalue weighted by molar-refractivity contribution is 5.94. The van der Waals surface area contributed by atoms with Crippen LogP contribution in [0.25, 0.3) is 0 Å². The Bertz CT molecular complexity index is 662. The van der Waals surface area contributed by atoms with E-state index >= 15 is 0 Å². The molecule has 0 bridgehead atoms. The van der Waals surface area contributed by atoms with Crippen LogP contribution >= 0.6 is 0 Å². The van der Waals surface area contributed by atoms with E-state index in [1.807, 2.05) is 13.8 Å². The van der Waals surface area contributed by atoms with Crippen molar-refractivity contribution < 1.29 is 34.2 Å². The van der Waals surface area contributed by atoms with Crippen molar-refractivity contribution in [2.45, 2.75) is 64.3 Å². The van der Waals surface area contributed by atoms with Crippen molar-refractivity contribution in [2.75, 3.05) is 19.6 Å². The van der Waals surface area contributed by atoms with Crippen molar-refractivity contribution in [2.24, 2.45) is 5.92 Å². The van der Waals surface area contributed by atoms with Gasteiger partial charge in [0.05, 0.1) is 18.7 Å². The number of aliphatic carboxylic acids is 1. The lowest BCUT2D eigenvalue weighted by Gasteiger charge is -2.26. The van der Waals surface area contributed by atoms with Crippen LogP contribution in [-0.2, 0) is 24.0 Å². The number of rotatable bonds is 12. The third kappa shape index (κ3) is 9.75. The molecule has 31 heavy (non-hydrogen) atoms. The second kappa shape index (κ2) is 12.8. The molecule has 0 aliphatic carbocycles. The second-order valence-corrected chi connectivity index (χ2v) is 7.95. The molecule has 0 aromatic rings. The summed E-state index contributed by atoms with van der Waals surface area (Å²) in [5.41, 5.74) is 0. The Labute approximate surface area is 180 Å². The zero-order chi connectivity index (χ0) is 23.6. The highest BCUT2D eigenvalue weighted by Crippen LogP contribution is 2.09. The van der Waals surface area contributed by atoms with Crippen molar-refractivity contribution in [3.05, 3.63) is 0 Å². The van der Waals surface area contributed by atoms with Gasteiger partial charge in [-0.15, -0.1) is 0 Å². The normalized spacial score (nSPS) is 18.5. The maximum Gasteiger partial charge on any atom is 0.322 e. The smallest absolute Gasteiger partial charge is 0.322 e. The molecule has 0 saturated carbocycles. The minimum Gasteiger partial charge on any atom is -0.480 e. The predicted octanol–water partition coefficient (Wildman–Crippen LogP) is -2.55. The number of nitrogens with one attached hydrogen (secondary N) is 5. The number of carboxylic acids is 1. The Morgan fingerprint density at radius 1 is 1.00 bits per heavy atom. The molecule has 12 heteroatoms. The van der Waals surface area contributed by atoms with Gasteiger partial charge in [-0.2, -0.15) is 0 Å². The second-order valence-electron chi connectivity index (χ2n) is 7.95. The maximum atomic E-state index is 12.8. The van der Waals surface area contributed by atoms with Crippen molar-refractivity contribution in [3.8, 4) is 0 Å². The number of hydrogen-bond acceptors (Lipinski definition) is 7. The van der Waals surface area contributed by atoms with Gasteiger partial charge in [0, 0.05) is 0 Å². The molecule has 12 nitrogen and oxygen atoms in total. The van der Waals surface area contributed by atoms with Crippen molar-refractivity contribution >= 4 is 29.6 Å². The van der Waals surface area contributed by atoms with Crippen molar-refractivity contribution in [1.82, 2.24) is 26.6 Å². The van der Waals surface area contributed by atoms with E-state index < -0.39 is 55.0 Å². The molecule has 176 valence electrons. The minimum atomic E-state index is -1.36. The first-order chi connectivity index (χ1) is 14.5. The van der Waals surface area contributed by atoms with E-state index in [0.717, 1.165) is 13.0 Å². The number of carbonyl (C=O) groups is 5. The molecule has 0 spiro atoms. The first-order valence-electron chi connectivity index (χ1n) is 10.3. The van der Waals surface area contributed by atoms with Gasteiger partial charge >= 0.3 is 5.97 Å². The fourth-order valence-electron chi connectivity index (χ4n) is 3.06. The third-order valence-electron chi connectivity index (χ3n) is 4.64. The zero-order valence-electron chi connectivity index (χ0n) is 18.1. The van der Waals surface area contributed by atoms with Gasteiger partial charge in [-0.25, -0.2) is 0 Å². The van der Waals surface area contributed by atoms with E-state index in [4.69, 9.17) is 5.11 Å². The summed E-state index contributed by atoms with van der Waals surface area (Å²) in [4.78, 5) is 59.6. The van der Waals surface area contributed by atoms with Gasteiger partial charge in [0.2, 0.25) is 23.6 Å². The van der Waals surface area contributed by atoms with Crippen molar-refractivity contribution in [3.63, 3.8) is 0 Å². The molecule has 0 aromatic carbocycles. The Kier molecular flexibility index (Phi) is 10.9. The molecule has 0 unspecified atom stereocenters. The Morgan fingerprint density at radius 2 is 1.68 bits per heavy atom. The molecular weight excluding hydrogens is 410 g/mol. The lowest BCUT2D eigenvalue weighted by atomic mass is 10.0. The van der Waals surface area contributed by atoms with Gasteiger partial charge in [0.1, 0.15) is 18.6 Å². The Balaban J connectivity index is 2.71. The van der Waals surface area contributed by atoms with Gasteiger partial charge in [-0.05, 0) is 38.6 Å². The largest absolute Gasteiger partial charge is 0.480 e. The number of aliphatic hydroxyl groups excluding tert-OH is 1. The van der Waals surface area contributed by atoms with Gasteiger partial charge in [-0.3, -0.25) is 24.0 Å². The monoisotopic (exact) mass is 443 g/mol. The van der Waals surface area contributed by atoms with Gasteiger partial charge in [0.25, 0.3) is 0 Å². The van der Waals surface area contributed by atoms with Crippen LogP contribution < -0.4 is 26.6 Å². The average molecular weight is 444 g/mol. The summed E-state index contributed by atoms with van der Waals surface area (Å²) in [6, 6.07) is -2.64. The highest BCUT2D eigenvalue weighted by Gasteiger charge is 2.32. The summed E-state index contributed by atoms with van der Waals surface area (Å²) < 4.78 is 0. The summed E-state index contributed by atoms with van der Waals surface area (Å²) in [6.45, 7) is 4.67. The minimum absolute atomic E-state index is 0.0735. The molecule has 1 saturated heterocycles. The molecule has 4 atom stereocenters. The Morgan fingerprint density at radius 3 is 2.19 bits per heavy atom. The van der Waals surface area contributed by atoms with Crippen molar-refractivity contribution in [1.29, 1.82) is 0 Å². The third-order valence-corrected chi connectivity index (χ3v) is 4.64. The molecule has 0 radical (unpaired) electrons. The molecule has 4 amide bonds. The summed E-state index contributed by atoms with van der Waals surface area (Å²) in [7, 11) is 0. The average Bonchev–Trinajstić information content (AvgIpc) is 3.22. The summed E-state index contributed by atoms with van der Waals surface area (Å²) in [6.07, 6.45) is 0.585. The van der Waals surface area contributed by atoms with Gasteiger partial charge in [0.15, 0.2) is 0 Å². The highest BCUT2D eigenvalue weighted by atomic mass is 16.4. The zero-order valence-corrected chi connectivity index (χ0v) is 18.1. The van der Waals surface area contributed by atoms with Crippen LogP contribution in [0.2, 0.25) is 0 Å². The molecule has 1 rings (SSSR count). The van der Waals surface area contributed by atoms with E-state index in [1.165, 1.54) is 6.92 Å². The molecular formula is C19H33N5O7. The van der Waals surface area contributed by atoms with Crippen LogP contribution in [-0.4, -0.2) is 83.7 Å². The van der Waals surface area contributed by atoms with Crippen LogP contribution in [0.1, 0.15) is 40.0 Å². The predicted molar refractivity (Wildman–Crippen MR) is 110 cm³/mol. The van der Waals surface area contributed by atoms with Crippen LogP contribution in [0.5, 0.6) is 0 Å². The standard InChI is InChI=1S/C19H33N5O7/c1-10(2)7-13(23-17(29)12-5-4-6-20-12)18(30)24-16(11(3)25)19(31)22-8-14(26)21-9-15(27)28/h10-13,16,20,25H,4-9H2,1-3H3,(H,21,26)(H,22,31)(H,23,29)(H,24,30)(H,27,28)/t11-,12+,13+,16+/m1/s1. The number of aliphatic hydroxyl groups is 1. The summed E-state index contributed by atoms with van der Waals surface area (Å²) in [5.74, 6) is -3.64. The molecule has 1 aliphatic heterocycles. The fourth-order valence-corrected chi connectivity index (χ4v) is 3.06. The van der Waals surface area contributed by atoms with E-state index in [2.05, 4.69) is 26.6 Å². The number of carboxylic acid groups (broad SMARTS) is 1. The van der Waals surface area contributed by atoms with E-state index in [0.29, 0.717) is 12.8 Å². The number of hydrogen-bond donors (Lipinski definition) is 7. The van der Waals surface area contributed by atoms with Crippen LogP contribution in [0.3, 0.4) is 0 Å².